The van der Waals surface area contributed by atoms with Gasteiger partial charge in [0.05, 0.1) is 44.7 Å². The first kappa shape index (κ1) is 28.7. The molecule has 9 atom stereocenters. The predicted molar refractivity (Wildman–Crippen MR) is 116 cm³/mol. The molecule has 0 aromatic heterocycles. The van der Waals surface area contributed by atoms with Crippen molar-refractivity contribution in [2.75, 3.05) is 33.0 Å². The summed E-state index contributed by atoms with van der Waals surface area (Å²) in [5.74, 6) is -2.20. The maximum Gasteiger partial charge on any atom is 0.333 e. The van der Waals surface area contributed by atoms with E-state index in [4.69, 9.17) is 14.2 Å². The monoisotopic (exact) mass is 463 g/mol. The molecule has 32 heavy (non-hydrogen) atoms. The van der Waals surface area contributed by atoms with Crippen LogP contribution in [0.1, 0.15) is 41.0 Å². The van der Waals surface area contributed by atoms with Gasteiger partial charge in [-0.15, -0.1) is 0 Å². The highest BCUT2D eigenvalue weighted by molar-refractivity contribution is 5.73. The third-order valence-corrected chi connectivity index (χ3v) is 6.51. The van der Waals surface area contributed by atoms with Gasteiger partial charge < -0.3 is 40.0 Å². The number of carboxylic acids is 1. The molecule has 0 radical (unpaired) electrons. The van der Waals surface area contributed by atoms with E-state index in [0.717, 1.165) is 0 Å². The second kappa shape index (κ2) is 14.1. The Labute approximate surface area is 190 Å². The molecular formula is C22H41NO9. The van der Waals surface area contributed by atoms with Crippen molar-refractivity contribution in [2.24, 2.45) is 23.7 Å². The molecule has 0 aliphatic carbocycles. The average molecular weight is 464 g/mol. The van der Waals surface area contributed by atoms with Gasteiger partial charge in [0.2, 0.25) is 5.91 Å². The summed E-state index contributed by atoms with van der Waals surface area (Å²) in [7, 11) is 0. The number of hydrogen-bond acceptors (Lipinski definition) is 8. The predicted octanol–water partition coefficient (Wildman–Crippen LogP) is 0.0249. The highest BCUT2D eigenvalue weighted by atomic mass is 16.6. The lowest BCUT2D eigenvalue weighted by molar-refractivity contribution is -0.193. The Morgan fingerprint density at radius 3 is 2.25 bits per heavy atom. The van der Waals surface area contributed by atoms with E-state index in [9.17, 15) is 30.0 Å². The normalized spacial score (nSPS) is 29.7. The van der Waals surface area contributed by atoms with Gasteiger partial charge in [0, 0.05) is 25.4 Å². The summed E-state index contributed by atoms with van der Waals surface area (Å²) in [6.45, 7) is 8.50. The van der Waals surface area contributed by atoms with E-state index < -0.39 is 42.3 Å². The smallest absolute Gasteiger partial charge is 0.333 e. The Bertz CT molecular complexity index is 572. The number of aliphatic hydroxyl groups excluding tert-OH is 3. The fourth-order valence-electron chi connectivity index (χ4n) is 4.18. The fraction of sp³-hybridized carbons (Fsp3) is 0.909. The number of carboxylic acid groups (broad SMARTS) is 1. The van der Waals surface area contributed by atoms with Gasteiger partial charge in [-0.05, 0) is 18.3 Å². The summed E-state index contributed by atoms with van der Waals surface area (Å²) in [5.41, 5.74) is 0. The third kappa shape index (κ3) is 7.93. The third-order valence-electron chi connectivity index (χ3n) is 6.51. The minimum Gasteiger partial charge on any atom is -0.479 e. The van der Waals surface area contributed by atoms with Crippen molar-refractivity contribution < 1.29 is 44.2 Å². The molecule has 188 valence electrons. The molecule has 1 aliphatic heterocycles. The molecule has 10 heteroatoms. The molecule has 5 N–H and O–H groups in total. The minimum absolute atomic E-state index is 0.0208. The molecular weight excluding hydrogens is 422 g/mol. The van der Waals surface area contributed by atoms with Crippen LogP contribution in [-0.4, -0.2) is 95.8 Å². The molecule has 0 saturated carbocycles. The van der Waals surface area contributed by atoms with Gasteiger partial charge in [0.15, 0.2) is 6.10 Å². The number of aliphatic hydroxyl groups is 3. The Balaban J connectivity index is 2.77. The number of carbonyl (C=O) groups is 2. The van der Waals surface area contributed by atoms with Crippen LogP contribution in [0.2, 0.25) is 0 Å². The van der Waals surface area contributed by atoms with Crippen molar-refractivity contribution >= 4 is 11.9 Å². The number of aliphatic carboxylic acids is 1. The molecule has 1 aliphatic rings. The van der Waals surface area contributed by atoms with E-state index in [2.05, 4.69) is 5.32 Å². The lowest BCUT2D eigenvalue weighted by Crippen LogP contribution is -2.53. The number of rotatable bonds is 14. The molecule has 0 spiro atoms. The van der Waals surface area contributed by atoms with Gasteiger partial charge >= 0.3 is 5.97 Å². The summed E-state index contributed by atoms with van der Waals surface area (Å²) < 4.78 is 17.4. The molecule has 10 nitrogen and oxygen atoms in total. The highest BCUT2D eigenvalue weighted by Gasteiger charge is 2.44. The molecule has 1 amide bonds. The lowest BCUT2D eigenvalue weighted by atomic mass is 9.76. The number of amides is 1. The highest BCUT2D eigenvalue weighted by Crippen LogP contribution is 2.35. The van der Waals surface area contributed by atoms with E-state index in [1.54, 1.807) is 0 Å². The average Bonchev–Trinajstić information content (AvgIpc) is 2.75. The van der Waals surface area contributed by atoms with E-state index in [0.29, 0.717) is 6.42 Å². The summed E-state index contributed by atoms with van der Waals surface area (Å²) in [4.78, 5) is 23.3. The van der Waals surface area contributed by atoms with Crippen LogP contribution in [0, 0.1) is 23.7 Å². The Hall–Kier alpha value is -1.30. The zero-order valence-corrected chi connectivity index (χ0v) is 19.8. The van der Waals surface area contributed by atoms with Crippen LogP contribution >= 0.6 is 0 Å². The lowest BCUT2D eigenvalue weighted by Gasteiger charge is -2.42. The van der Waals surface area contributed by atoms with Gasteiger partial charge in [0.1, 0.15) is 6.10 Å². The van der Waals surface area contributed by atoms with Crippen molar-refractivity contribution in [1.82, 2.24) is 5.32 Å². The van der Waals surface area contributed by atoms with Gasteiger partial charge in [-0.1, -0.05) is 27.7 Å². The quantitative estimate of drug-likeness (QED) is 0.240. The Morgan fingerprint density at radius 2 is 1.78 bits per heavy atom. The molecule has 0 aromatic rings. The standard InChI is InChI=1S/C22H41NO9/c1-6-16(7-24)31-18(9-26)20(23-15(5)27)12(2)10-30-11-19-14(4)13(3)17(8-25)21(32-19)22(28)29/h12-14,16-21,24-26H,6-11H2,1-5H3,(H,23,27)(H,28,29)/t12-,13?,14?,16?,17-,18-,19-,20?,21?/m0/s1. The molecule has 1 saturated heterocycles. The second-order valence-electron chi connectivity index (χ2n) is 8.81. The first-order valence-corrected chi connectivity index (χ1v) is 11.3. The van der Waals surface area contributed by atoms with Crippen LogP contribution in [-0.2, 0) is 23.8 Å². The summed E-state index contributed by atoms with van der Waals surface area (Å²) in [6, 6.07) is -0.549. The number of nitrogens with one attached hydrogen (secondary N) is 1. The fourth-order valence-corrected chi connectivity index (χ4v) is 4.18. The first-order valence-electron chi connectivity index (χ1n) is 11.3. The Morgan fingerprint density at radius 1 is 1.12 bits per heavy atom. The summed E-state index contributed by atoms with van der Waals surface area (Å²) in [6.07, 6.45) is -2.17. The SMILES string of the molecule is CCC(CO)O[C@@H](CO)C(NC(C)=O)[C@@H](C)COC[C@@H]1OC(C(=O)O)[C@@H](CO)C(C)C1C. The number of hydrogen-bond donors (Lipinski definition) is 5. The van der Waals surface area contributed by atoms with E-state index in [1.807, 2.05) is 27.7 Å². The van der Waals surface area contributed by atoms with Crippen LogP contribution in [0.5, 0.6) is 0 Å². The molecule has 1 rings (SSSR count). The largest absolute Gasteiger partial charge is 0.479 e. The van der Waals surface area contributed by atoms with Crippen LogP contribution < -0.4 is 5.32 Å². The van der Waals surface area contributed by atoms with Gasteiger partial charge in [0.25, 0.3) is 0 Å². The van der Waals surface area contributed by atoms with Crippen molar-refractivity contribution in [2.45, 2.75) is 71.5 Å². The first-order chi connectivity index (χ1) is 15.1. The van der Waals surface area contributed by atoms with Gasteiger partial charge in [-0.3, -0.25) is 4.79 Å². The van der Waals surface area contributed by atoms with E-state index >= 15 is 0 Å². The van der Waals surface area contributed by atoms with Crippen LogP contribution in [0.15, 0.2) is 0 Å². The Kier molecular flexibility index (Phi) is 12.6. The molecule has 0 bridgehead atoms. The maximum atomic E-state index is 11.7. The van der Waals surface area contributed by atoms with Crippen molar-refractivity contribution in [1.29, 1.82) is 0 Å². The molecule has 1 heterocycles. The maximum absolute atomic E-state index is 11.7. The molecule has 0 aromatic carbocycles. The van der Waals surface area contributed by atoms with Crippen molar-refractivity contribution in [3.05, 3.63) is 0 Å². The van der Waals surface area contributed by atoms with Crippen molar-refractivity contribution in [3.8, 4) is 0 Å². The van der Waals surface area contributed by atoms with Gasteiger partial charge in [-0.2, -0.15) is 0 Å². The van der Waals surface area contributed by atoms with E-state index in [-0.39, 0.29) is 56.7 Å². The van der Waals surface area contributed by atoms with Crippen LogP contribution in [0.3, 0.4) is 0 Å². The minimum atomic E-state index is -1.11. The zero-order valence-electron chi connectivity index (χ0n) is 19.8. The van der Waals surface area contributed by atoms with E-state index in [1.165, 1.54) is 6.92 Å². The zero-order chi connectivity index (χ0) is 24.4. The number of carbonyl (C=O) groups excluding carboxylic acids is 1. The topological polar surface area (TPSA) is 155 Å². The van der Waals surface area contributed by atoms with Crippen molar-refractivity contribution in [3.63, 3.8) is 0 Å². The van der Waals surface area contributed by atoms with Gasteiger partial charge in [-0.25, -0.2) is 4.79 Å². The van der Waals surface area contributed by atoms with Crippen LogP contribution in [0.25, 0.3) is 0 Å². The van der Waals surface area contributed by atoms with Crippen LogP contribution in [0.4, 0.5) is 0 Å². The molecule has 1 fully saturated rings. The summed E-state index contributed by atoms with van der Waals surface area (Å²) >= 11 is 0. The second-order valence-corrected chi connectivity index (χ2v) is 8.81. The molecule has 5 unspecified atom stereocenters. The number of ether oxygens (including phenoxy) is 3. The summed E-state index contributed by atoms with van der Waals surface area (Å²) in [5, 5.41) is 41.1.